The third-order valence-electron chi connectivity index (χ3n) is 2.06. The van der Waals surface area contributed by atoms with Crippen LogP contribution in [0.5, 0.6) is 0 Å². The lowest BCUT2D eigenvalue weighted by molar-refractivity contribution is 0.599. The lowest BCUT2D eigenvalue weighted by Crippen LogP contribution is -2.19. The fourth-order valence-electron chi connectivity index (χ4n) is 1.22. The molecule has 0 saturated carbocycles. The summed E-state index contributed by atoms with van der Waals surface area (Å²) in [6.07, 6.45) is 0.391. The van der Waals surface area contributed by atoms with Gasteiger partial charge < -0.3 is 5.73 Å². The third kappa shape index (κ3) is 6.90. The van der Waals surface area contributed by atoms with Crippen LogP contribution in [0.1, 0.15) is 36.9 Å². The second-order valence-electron chi connectivity index (χ2n) is 4.23. The number of thiazole rings is 1. The van der Waals surface area contributed by atoms with Crippen molar-refractivity contribution >= 4 is 39.1 Å². The molecule has 0 aliphatic carbocycles. The summed E-state index contributed by atoms with van der Waals surface area (Å²) in [4.78, 5) is 4.51. The van der Waals surface area contributed by atoms with Gasteiger partial charge >= 0.3 is 10.2 Å². The number of nitrogens with zero attached hydrogens (tertiary/aromatic N) is 2. The van der Waals surface area contributed by atoms with Gasteiger partial charge in [0.2, 0.25) is 0 Å². The van der Waals surface area contributed by atoms with Crippen molar-refractivity contribution in [3.63, 3.8) is 0 Å². The molecule has 4 N–H and O–H groups in total. The van der Waals surface area contributed by atoms with E-state index in [0.29, 0.717) is 18.1 Å². The van der Waals surface area contributed by atoms with Crippen molar-refractivity contribution in [2.24, 2.45) is 15.3 Å². The highest BCUT2D eigenvalue weighted by Crippen LogP contribution is 2.21. The number of hydrogen-bond acceptors (Lipinski definition) is 5. The van der Waals surface area contributed by atoms with E-state index in [4.69, 9.17) is 10.9 Å². The summed E-state index contributed by atoms with van der Waals surface area (Å²) in [5, 5.41) is 7.93. The van der Waals surface area contributed by atoms with E-state index < -0.39 is 10.2 Å². The Balaban J connectivity index is 2.33. The van der Waals surface area contributed by atoms with E-state index in [1.165, 1.54) is 0 Å². The van der Waals surface area contributed by atoms with Crippen LogP contribution in [0.25, 0.3) is 0 Å². The predicted molar refractivity (Wildman–Crippen MR) is 81.7 cm³/mol. The Kier molecular flexibility index (Phi) is 6.24. The molecule has 1 rings (SSSR count). The molecule has 0 aliphatic rings. The van der Waals surface area contributed by atoms with Crippen LogP contribution < -0.4 is 10.9 Å². The summed E-state index contributed by atoms with van der Waals surface area (Å²) >= 11 is 3.29. The molecule has 108 valence electrons. The molecule has 0 amide bonds. The number of nitrogens with two attached hydrogens (primary N) is 2. The van der Waals surface area contributed by atoms with Gasteiger partial charge in [-0.15, -0.1) is 15.7 Å². The van der Waals surface area contributed by atoms with Gasteiger partial charge in [0.05, 0.1) is 10.7 Å². The molecule has 0 fully saturated rings. The van der Waals surface area contributed by atoms with Crippen LogP contribution in [-0.2, 0) is 16.0 Å². The van der Waals surface area contributed by atoms with Crippen molar-refractivity contribution in [3.8, 4) is 0 Å². The topological polar surface area (TPSA) is 111 Å². The van der Waals surface area contributed by atoms with E-state index in [9.17, 15) is 8.42 Å². The zero-order valence-electron chi connectivity index (χ0n) is 10.9. The molecule has 6 nitrogen and oxygen atoms in total. The average molecular weight is 322 g/mol. The van der Waals surface area contributed by atoms with Crippen LogP contribution in [0.15, 0.2) is 9.78 Å². The highest BCUT2D eigenvalue weighted by molar-refractivity contribution is 7.98. The summed E-state index contributed by atoms with van der Waals surface area (Å²) < 4.78 is 24.5. The SMILES string of the molecule is CC(C)c1nc(CSCCC(N)=NS(N)(=O)=O)cs1. The molecule has 1 heterocycles. The number of rotatable bonds is 7. The molecule has 0 aliphatic heterocycles. The maximum absolute atomic E-state index is 10.7. The minimum atomic E-state index is -3.88. The molecule has 1 aromatic rings. The number of amidine groups is 1. The molecule has 0 radical (unpaired) electrons. The first-order chi connectivity index (χ1) is 8.78. The molecule has 1 aromatic heterocycles. The average Bonchev–Trinajstić information content (AvgIpc) is 2.70. The number of hydrogen-bond donors (Lipinski definition) is 2. The predicted octanol–water partition coefficient (Wildman–Crippen LogP) is 1.45. The fraction of sp³-hybridized carbons (Fsp3) is 0.600. The van der Waals surface area contributed by atoms with Crippen molar-refractivity contribution in [3.05, 3.63) is 16.1 Å². The third-order valence-corrected chi connectivity index (χ3v) is 4.74. The summed E-state index contributed by atoms with van der Waals surface area (Å²) in [6, 6.07) is 0. The molecule has 0 aromatic carbocycles. The Morgan fingerprint density at radius 1 is 1.58 bits per heavy atom. The molecule has 0 unspecified atom stereocenters. The molecular formula is C10H18N4O2S3. The van der Waals surface area contributed by atoms with Crippen LogP contribution in [0, 0.1) is 0 Å². The lowest BCUT2D eigenvalue weighted by Gasteiger charge is -2.00. The van der Waals surface area contributed by atoms with Crippen molar-refractivity contribution < 1.29 is 8.42 Å². The largest absolute Gasteiger partial charge is 0.386 e. The molecule has 9 heteroatoms. The van der Waals surface area contributed by atoms with Gasteiger partial charge in [-0.25, -0.2) is 10.1 Å². The molecule has 0 atom stereocenters. The minimum Gasteiger partial charge on any atom is -0.386 e. The van der Waals surface area contributed by atoms with Gasteiger partial charge in [0.15, 0.2) is 0 Å². The van der Waals surface area contributed by atoms with Gasteiger partial charge in [-0.05, 0) is 0 Å². The molecule has 19 heavy (non-hydrogen) atoms. The maximum Gasteiger partial charge on any atom is 0.318 e. The highest BCUT2D eigenvalue weighted by atomic mass is 32.2. The quantitative estimate of drug-likeness (QED) is 0.448. The minimum absolute atomic E-state index is 0.0381. The monoisotopic (exact) mass is 322 g/mol. The number of aromatic nitrogens is 1. The maximum atomic E-state index is 10.7. The Bertz CT molecular complexity index is 537. The van der Waals surface area contributed by atoms with Gasteiger partial charge in [0.1, 0.15) is 5.84 Å². The van der Waals surface area contributed by atoms with E-state index in [-0.39, 0.29) is 5.84 Å². The van der Waals surface area contributed by atoms with Crippen molar-refractivity contribution in [1.29, 1.82) is 0 Å². The Morgan fingerprint density at radius 3 is 2.79 bits per heavy atom. The van der Waals surface area contributed by atoms with E-state index in [1.807, 2.05) is 5.38 Å². The van der Waals surface area contributed by atoms with E-state index >= 15 is 0 Å². The first-order valence-corrected chi connectivity index (χ1v) is 9.21. The van der Waals surface area contributed by atoms with E-state index in [2.05, 4.69) is 23.2 Å². The van der Waals surface area contributed by atoms with Crippen LogP contribution >= 0.6 is 23.1 Å². The van der Waals surface area contributed by atoms with E-state index in [0.717, 1.165) is 16.5 Å². The van der Waals surface area contributed by atoms with Crippen LogP contribution in [0.4, 0.5) is 0 Å². The van der Waals surface area contributed by atoms with Crippen molar-refractivity contribution in [1.82, 2.24) is 4.98 Å². The van der Waals surface area contributed by atoms with Gasteiger partial charge in [-0.3, -0.25) is 0 Å². The smallest absolute Gasteiger partial charge is 0.318 e. The molecular weight excluding hydrogens is 304 g/mol. The van der Waals surface area contributed by atoms with Gasteiger partial charge in [-0.2, -0.15) is 20.2 Å². The van der Waals surface area contributed by atoms with Crippen LogP contribution in [-0.4, -0.2) is 25.0 Å². The Labute approximate surface area is 121 Å². The standard InChI is InChI=1S/C10H18N4O2S3/c1-7(2)10-13-8(6-18-10)5-17-4-3-9(11)14-19(12,15)16/h6-7H,3-5H2,1-2H3,(H2,11,14)(H2,12,15,16). The zero-order valence-corrected chi connectivity index (χ0v) is 13.3. The number of thioether (sulfide) groups is 1. The van der Waals surface area contributed by atoms with Gasteiger partial charge in [0, 0.05) is 29.2 Å². The first-order valence-electron chi connectivity index (χ1n) is 5.67. The van der Waals surface area contributed by atoms with E-state index in [1.54, 1.807) is 23.1 Å². The second kappa shape index (κ2) is 7.22. The normalized spacial score (nSPS) is 13.2. The molecule has 0 spiro atoms. The van der Waals surface area contributed by atoms with Gasteiger partial charge in [0.25, 0.3) is 0 Å². The Morgan fingerprint density at radius 2 is 2.26 bits per heavy atom. The first kappa shape index (κ1) is 16.4. The Hall–Kier alpha value is -0.640. The summed E-state index contributed by atoms with van der Waals surface area (Å²) in [5.41, 5.74) is 6.49. The fourth-order valence-corrected chi connectivity index (χ4v) is 3.43. The van der Waals surface area contributed by atoms with Crippen molar-refractivity contribution in [2.75, 3.05) is 5.75 Å². The zero-order chi connectivity index (χ0) is 14.5. The van der Waals surface area contributed by atoms with Crippen molar-refractivity contribution in [2.45, 2.75) is 31.9 Å². The highest BCUT2D eigenvalue weighted by Gasteiger charge is 2.06. The summed E-state index contributed by atoms with van der Waals surface area (Å²) in [5.74, 6) is 1.95. The molecule has 0 bridgehead atoms. The van der Waals surface area contributed by atoms with Crippen LogP contribution in [0.2, 0.25) is 0 Å². The summed E-state index contributed by atoms with van der Waals surface area (Å²) in [7, 11) is -3.88. The second-order valence-corrected chi connectivity index (χ2v) is 7.44. The molecule has 0 saturated heterocycles. The van der Waals surface area contributed by atoms with Gasteiger partial charge in [-0.1, -0.05) is 13.8 Å². The van der Waals surface area contributed by atoms with Crippen LogP contribution in [0.3, 0.4) is 0 Å². The summed E-state index contributed by atoms with van der Waals surface area (Å²) in [6.45, 7) is 4.22. The lowest BCUT2D eigenvalue weighted by atomic mass is 10.2.